The Hall–Kier alpha value is -4.14. The minimum absolute atomic E-state index is 0.0628. The van der Waals surface area contributed by atoms with Crippen molar-refractivity contribution in [1.29, 1.82) is 10.5 Å². The topological polar surface area (TPSA) is 136 Å². The maximum atomic E-state index is 12.9. The number of rotatable bonds is 5. The number of hydrogen-bond donors (Lipinski definition) is 2. The Balaban J connectivity index is 1.60. The van der Waals surface area contributed by atoms with E-state index in [-0.39, 0.29) is 11.6 Å². The highest BCUT2D eigenvalue weighted by Gasteiger charge is 2.41. The summed E-state index contributed by atoms with van der Waals surface area (Å²) in [6, 6.07) is 11.4. The lowest BCUT2D eigenvalue weighted by Gasteiger charge is -2.40. The number of amides is 1. The van der Waals surface area contributed by atoms with Crippen molar-refractivity contribution in [2.45, 2.75) is 57.5 Å². The molecule has 0 unspecified atom stereocenters. The molecule has 3 aromatic rings. The Morgan fingerprint density at radius 1 is 1.17 bits per heavy atom. The number of nitrogens with one attached hydrogen (secondary N) is 1. The number of nitrogens with zero attached hydrogens (tertiary/aromatic N) is 5. The minimum atomic E-state index is -0.747. The molecule has 0 bridgehead atoms. The van der Waals surface area contributed by atoms with Crippen LogP contribution in [-0.4, -0.2) is 31.6 Å². The van der Waals surface area contributed by atoms with Gasteiger partial charge < -0.3 is 10.4 Å². The molecular formula is C27H26N6O2. The Kier molecular flexibility index (Phi) is 6.10. The molecule has 8 nitrogen and oxygen atoms in total. The molecule has 0 radical (unpaired) electrons. The standard InChI is InChI=1S/C27H26N6O2/c1-16-22(18-7-17(12-28)24(32-13-18)19-10-27(4,35)11-19)9-21(14-31-16)33-25(34)23-8-20(5-6-30-23)26(2,3)15-29/h5-9,13-14,19,35H,10-11H2,1-4H3,(H,33,34). The Morgan fingerprint density at radius 2 is 1.91 bits per heavy atom. The van der Waals surface area contributed by atoms with Crippen molar-refractivity contribution in [1.82, 2.24) is 15.0 Å². The average Bonchev–Trinajstić information content (AvgIpc) is 2.83. The van der Waals surface area contributed by atoms with Crippen LogP contribution in [0.2, 0.25) is 0 Å². The van der Waals surface area contributed by atoms with Crippen LogP contribution >= 0.6 is 0 Å². The predicted octanol–water partition coefficient (Wildman–Crippen LogP) is 4.40. The van der Waals surface area contributed by atoms with Crippen LogP contribution in [0.25, 0.3) is 11.1 Å². The summed E-state index contributed by atoms with van der Waals surface area (Å²) in [5.74, 6) is -0.353. The van der Waals surface area contributed by atoms with Crippen molar-refractivity contribution >= 4 is 11.6 Å². The van der Waals surface area contributed by atoms with Gasteiger partial charge in [-0.2, -0.15) is 10.5 Å². The smallest absolute Gasteiger partial charge is 0.274 e. The summed E-state index contributed by atoms with van der Waals surface area (Å²) in [5, 5.41) is 32.0. The van der Waals surface area contributed by atoms with Crippen molar-refractivity contribution in [3.8, 4) is 23.3 Å². The van der Waals surface area contributed by atoms with Crippen molar-refractivity contribution in [2.24, 2.45) is 0 Å². The quantitative estimate of drug-likeness (QED) is 0.569. The van der Waals surface area contributed by atoms with Crippen LogP contribution in [0.3, 0.4) is 0 Å². The van der Waals surface area contributed by atoms with E-state index in [4.69, 9.17) is 0 Å². The van der Waals surface area contributed by atoms with Gasteiger partial charge in [0.2, 0.25) is 0 Å². The second-order valence-corrected chi connectivity index (χ2v) is 9.85. The van der Waals surface area contributed by atoms with E-state index < -0.39 is 16.9 Å². The summed E-state index contributed by atoms with van der Waals surface area (Å²) >= 11 is 0. The number of nitriles is 2. The molecule has 3 aromatic heterocycles. The lowest BCUT2D eigenvalue weighted by atomic mass is 9.70. The van der Waals surface area contributed by atoms with Gasteiger partial charge in [0.1, 0.15) is 11.8 Å². The van der Waals surface area contributed by atoms with E-state index in [0.717, 1.165) is 11.3 Å². The van der Waals surface area contributed by atoms with E-state index in [1.807, 2.05) is 6.92 Å². The highest BCUT2D eigenvalue weighted by Crippen LogP contribution is 2.45. The zero-order chi connectivity index (χ0) is 25.4. The molecule has 0 aliphatic heterocycles. The molecule has 3 heterocycles. The van der Waals surface area contributed by atoms with Crippen LogP contribution in [0.4, 0.5) is 5.69 Å². The Bertz CT molecular complexity index is 1390. The van der Waals surface area contributed by atoms with Gasteiger partial charge in [-0.1, -0.05) is 0 Å². The molecule has 35 heavy (non-hydrogen) atoms. The lowest BCUT2D eigenvalue weighted by molar-refractivity contribution is -0.0323. The molecular weight excluding hydrogens is 440 g/mol. The van der Waals surface area contributed by atoms with Gasteiger partial charge in [0.05, 0.1) is 40.2 Å². The molecule has 8 heteroatoms. The van der Waals surface area contributed by atoms with Gasteiger partial charge >= 0.3 is 0 Å². The Morgan fingerprint density at radius 3 is 2.57 bits per heavy atom. The van der Waals surface area contributed by atoms with Crippen LogP contribution in [0.5, 0.6) is 0 Å². The van der Waals surface area contributed by atoms with Crippen LogP contribution in [0.1, 0.15) is 72.5 Å². The van der Waals surface area contributed by atoms with E-state index in [0.29, 0.717) is 40.9 Å². The van der Waals surface area contributed by atoms with Gasteiger partial charge in [0.15, 0.2) is 0 Å². The van der Waals surface area contributed by atoms with E-state index in [2.05, 4.69) is 32.4 Å². The summed E-state index contributed by atoms with van der Waals surface area (Å²) in [7, 11) is 0. The average molecular weight is 467 g/mol. The van der Waals surface area contributed by atoms with E-state index in [1.54, 1.807) is 57.4 Å². The molecule has 1 aliphatic rings. The lowest BCUT2D eigenvalue weighted by Crippen LogP contribution is -2.39. The molecule has 1 amide bonds. The highest BCUT2D eigenvalue weighted by molar-refractivity contribution is 6.03. The first-order valence-electron chi connectivity index (χ1n) is 11.3. The van der Waals surface area contributed by atoms with Crippen molar-refractivity contribution < 1.29 is 9.90 Å². The van der Waals surface area contributed by atoms with Crippen molar-refractivity contribution in [3.05, 3.63) is 71.1 Å². The van der Waals surface area contributed by atoms with Gasteiger partial charge in [0, 0.05) is 35.1 Å². The third kappa shape index (κ3) is 4.89. The normalized spacial score (nSPS) is 19.2. The van der Waals surface area contributed by atoms with Crippen LogP contribution < -0.4 is 5.32 Å². The number of carbonyl (C=O) groups excluding carboxylic acids is 1. The number of hydrogen-bond acceptors (Lipinski definition) is 7. The monoisotopic (exact) mass is 466 g/mol. The molecule has 1 aliphatic carbocycles. The van der Waals surface area contributed by atoms with Gasteiger partial charge in [0.25, 0.3) is 5.91 Å². The number of carbonyl (C=O) groups is 1. The summed E-state index contributed by atoms with van der Waals surface area (Å²) in [5.41, 5.74) is 3.27. The molecule has 176 valence electrons. The second kappa shape index (κ2) is 8.90. The number of pyridine rings is 3. The van der Waals surface area contributed by atoms with Gasteiger partial charge in [-0.25, -0.2) is 0 Å². The van der Waals surface area contributed by atoms with Gasteiger partial charge in [-0.3, -0.25) is 19.7 Å². The van der Waals surface area contributed by atoms with Crippen LogP contribution in [0.15, 0.2) is 42.9 Å². The van der Waals surface area contributed by atoms with E-state index in [1.165, 1.54) is 6.20 Å². The van der Waals surface area contributed by atoms with E-state index in [9.17, 15) is 20.4 Å². The maximum Gasteiger partial charge on any atom is 0.274 e. The molecule has 0 atom stereocenters. The molecule has 1 saturated carbocycles. The third-order valence-corrected chi connectivity index (χ3v) is 6.45. The molecule has 0 spiro atoms. The molecule has 0 saturated heterocycles. The van der Waals surface area contributed by atoms with Crippen molar-refractivity contribution in [2.75, 3.05) is 5.32 Å². The largest absolute Gasteiger partial charge is 0.390 e. The summed E-state index contributed by atoms with van der Waals surface area (Å²) < 4.78 is 0. The van der Waals surface area contributed by atoms with Crippen LogP contribution in [0, 0.1) is 29.6 Å². The second-order valence-electron chi connectivity index (χ2n) is 9.85. The fourth-order valence-electron chi connectivity index (χ4n) is 4.33. The zero-order valence-corrected chi connectivity index (χ0v) is 20.1. The number of aromatic nitrogens is 3. The zero-order valence-electron chi connectivity index (χ0n) is 20.1. The molecule has 1 fully saturated rings. The maximum absolute atomic E-state index is 12.9. The van der Waals surface area contributed by atoms with Gasteiger partial charge in [-0.05, 0) is 70.4 Å². The molecule has 0 aromatic carbocycles. The Labute approximate surface area is 204 Å². The fraction of sp³-hybridized carbons (Fsp3) is 0.333. The highest BCUT2D eigenvalue weighted by atomic mass is 16.3. The fourth-order valence-corrected chi connectivity index (χ4v) is 4.33. The number of aliphatic hydroxyl groups is 1. The summed E-state index contributed by atoms with van der Waals surface area (Å²) in [4.78, 5) is 26.0. The third-order valence-electron chi connectivity index (χ3n) is 6.45. The number of aryl methyl sites for hydroxylation is 1. The van der Waals surface area contributed by atoms with Crippen LogP contribution in [-0.2, 0) is 5.41 Å². The first kappa shape index (κ1) is 24.0. The van der Waals surface area contributed by atoms with Crippen molar-refractivity contribution in [3.63, 3.8) is 0 Å². The molecule has 4 rings (SSSR count). The number of anilines is 1. The minimum Gasteiger partial charge on any atom is -0.390 e. The predicted molar refractivity (Wildman–Crippen MR) is 130 cm³/mol. The first-order valence-corrected chi connectivity index (χ1v) is 11.3. The van der Waals surface area contributed by atoms with E-state index >= 15 is 0 Å². The first-order chi connectivity index (χ1) is 16.5. The summed E-state index contributed by atoms with van der Waals surface area (Å²) in [6.45, 7) is 7.19. The SMILES string of the molecule is Cc1ncc(NC(=O)c2cc(C(C)(C)C#N)ccn2)cc1-c1cnc(C2CC(C)(O)C2)c(C#N)c1. The summed E-state index contributed by atoms with van der Waals surface area (Å²) in [6.07, 6.45) is 5.94. The molecule has 2 N–H and O–H groups in total. The van der Waals surface area contributed by atoms with Gasteiger partial charge in [-0.15, -0.1) is 0 Å².